The topological polar surface area (TPSA) is 93.7 Å². The van der Waals surface area contributed by atoms with Crippen molar-refractivity contribution in [2.75, 3.05) is 27.3 Å². The van der Waals surface area contributed by atoms with Crippen molar-refractivity contribution in [3.05, 3.63) is 23.8 Å². The normalized spacial score (nSPS) is 12.7. The lowest BCUT2D eigenvalue weighted by Gasteiger charge is -2.14. The molecule has 0 spiro atoms. The molecular weight excluding hydrogens is 308 g/mol. The monoisotopic (exact) mass is 330 g/mol. The predicted molar refractivity (Wildman–Crippen MR) is 82.7 cm³/mol. The first-order chi connectivity index (χ1) is 10.4. The molecule has 124 valence electrons. The number of nitrogens with one attached hydrogen (secondary N) is 2. The Labute approximate surface area is 131 Å². The van der Waals surface area contributed by atoms with E-state index >= 15 is 0 Å². The van der Waals surface area contributed by atoms with Crippen LogP contribution in [-0.2, 0) is 14.8 Å². The molecule has 0 aliphatic carbocycles. The van der Waals surface area contributed by atoms with E-state index in [4.69, 9.17) is 4.74 Å². The first-order valence-electron chi connectivity index (χ1n) is 6.85. The maximum absolute atomic E-state index is 12.2. The summed E-state index contributed by atoms with van der Waals surface area (Å²) in [6.45, 7) is 4.84. The number of benzene rings is 1. The predicted octanol–water partition coefficient (Wildman–Crippen LogP) is 0.758. The Kier molecular flexibility index (Phi) is 6.79. The third kappa shape index (κ3) is 4.69. The van der Waals surface area contributed by atoms with Crippen molar-refractivity contribution in [1.82, 2.24) is 10.0 Å². The van der Waals surface area contributed by atoms with Gasteiger partial charge >= 0.3 is 5.97 Å². The van der Waals surface area contributed by atoms with Gasteiger partial charge < -0.3 is 14.8 Å². The van der Waals surface area contributed by atoms with Crippen molar-refractivity contribution in [3.8, 4) is 5.75 Å². The summed E-state index contributed by atoms with van der Waals surface area (Å²) in [5, 5.41) is 3.11. The van der Waals surface area contributed by atoms with Crippen molar-refractivity contribution in [1.29, 1.82) is 0 Å². The highest BCUT2D eigenvalue weighted by Gasteiger charge is 2.20. The summed E-state index contributed by atoms with van der Waals surface area (Å²) in [5.41, 5.74) is 0.171. The number of esters is 1. The SMILES string of the molecule is CCN[C@H](C)CNS(=O)(=O)c1ccc(C(=O)OC)c(OC)c1. The van der Waals surface area contributed by atoms with E-state index in [1.54, 1.807) is 0 Å². The molecule has 1 aromatic rings. The minimum absolute atomic E-state index is 0.0102. The van der Waals surface area contributed by atoms with Crippen molar-refractivity contribution in [3.63, 3.8) is 0 Å². The highest BCUT2D eigenvalue weighted by Crippen LogP contribution is 2.23. The molecule has 0 aromatic heterocycles. The fourth-order valence-corrected chi connectivity index (χ4v) is 3.00. The number of hydrogen-bond acceptors (Lipinski definition) is 6. The van der Waals surface area contributed by atoms with Crippen molar-refractivity contribution in [2.45, 2.75) is 24.8 Å². The zero-order valence-electron chi connectivity index (χ0n) is 13.2. The van der Waals surface area contributed by atoms with Gasteiger partial charge in [0, 0.05) is 18.7 Å². The van der Waals surface area contributed by atoms with Crippen LogP contribution in [0.5, 0.6) is 5.75 Å². The van der Waals surface area contributed by atoms with E-state index < -0.39 is 16.0 Å². The molecule has 0 saturated heterocycles. The quantitative estimate of drug-likeness (QED) is 0.684. The maximum atomic E-state index is 12.2. The lowest BCUT2D eigenvalue weighted by molar-refractivity contribution is 0.0597. The summed E-state index contributed by atoms with van der Waals surface area (Å²) in [4.78, 5) is 11.6. The largest absolute Gasteiger partial charge is 0.496 e. The standard InChI is InChI=1S/C14H22N2O5S/c1-5-15-10(2)9-16-22(18,19)11-6-7-12(14(17)21-4)13(8-11)20-3/h6-8,10,15-16H,5,9H2,1-4H3/t10-/m1/s1. The van der Waals surface area contributed by atoms with Gasteiger partial charge in [0.25, 0.3) is 0 Å². The fraction of sp³-hybridized carbons (Fsp3) is 0.500. The van der Waals surface area contributed by atoms with Crippen molar-refractivity contribution >= 4 is 16.0 Å². The molecule has 0 radical (unpaired) electrons. The Morgan fingerprint density at radius 3 is 2.55 bits per heavy atom. The summed E-state index contributed by atoms with van der Waals surface area (Å²) >= 11 is 0. The molecule has 7 nitrogen and oxygen atoms in total. The second kappa shape index (κ2) is 8.11. The summed E-state index contributed by atoms with van der Waals surface area (Å²) in [6, 6.07) is 4.02. The van der Waals surface area contributed by atoms with E-state index in [2.05, 4.69) is 14.8 Å². The van der Waals surface area contributed by atoms with Gasteiger partial charge in [0.05, 0.1) is 19.1 Å². The van der Waals surface area contributed by atoms with E-state index in [0.717, 1.165) is 6.54 Å². The fourth-order valence-electron chi connectivity index (χ4n) is 1.86. The third-order valence-electron chi connectivity index (χ3n) is 3.02. The first-order valence-corrected chi connectivity index (χ1v) is 8.33. The smallest absolute Gasteiger partial charge is 0.341 e. The molecular formula is C14H22N2O5S. The van der Waals surface area contributed by atoms with Gasteiger partial charge in [0.15, 0.2) is 0 Å². The lowest BCUT2D eigenvalue weighted by Crippen LogP contribution is -2.38. The molecule has 0 amide bonds. The number of carbonyl (C=O) groups excluding carboxylic acids is 1. The van der Waals surface area contributed by atoms with Crippen LogP contribution in [0.15, 0.2) is 23.1 Å². The second-order valence-corrected chi connectivity index (χ2v) is 6.43. The van der Waals surface area contributed by atoms with Crippen molar-refractivity contribution in [2.24, 2.45) is 0 Å². The Balaban J connectivity index is 2.98. The van der Waals surface area contributed by atoms with E-state index in [0.29, 0.717) is 0 Å². The lowest BCUT2D eigenvalue weighted by atomic mass is 10.2. The molecule has 0 unspecified atom stereocenters. The number of hydrogen-bond donors (Lipinski definition) is 2. The number of ether oxygens (including phenoxy) is 2. The number of carbonyl (C=O) groups is 1. The van der Waals surface area contributed by atoms with Crippen LogP contribution in [0.4, 0.5) is 0 Å². The van der Waals surface area contributed by atoms with Gasteiger partial charge in [-0.25, -0.2) is 17.9 Å². The summed E-state index contributed by atoms with van der Waals surface area (Å²) in [5.74, 6) is -0.441. The average molecular weight is 330 g/mol. The maximum Gasteiger partial charge on any atom is 0.341 e. The molecule has 1 aromatic carbocycles. The summed E-state index contributed by atoms with van der Waals surface area (Å²) in [6.07, 6.45) is 0. The molecule has 8 heteroatoms. The molecule has 2 N–H and O–H groups in total. The van der Waals surface area contributed by atoms with Gasteiger partial charge in [-0.3, -0.25) is 0 Å². The molecule has 0 aliphatic heterocycles. The van der Waals surface area contributed by atoms with Gasteiger partial charge in [-0.05, 0) is 25.6 Å². The summed E-state index contributed by atoms with van der Waals surface area (Å²) in [7, 11) is -1.07. The number of sulfonamides is 1. The van der Waals surface area contributed by atoms with Crippen LogP contribution in [0.25, 0.3) is 0 Å². The molecule has 1 rings (SSSR count). The van der Waals surface area contributed by atoms with Crippen LogP contribution in [0.3, 0.4) is 0 Å². The van der Waals surface area contributed by atoms with Crippen LogP contribution < -0.4 is 14.8 Å². The van der Waals surface area contributed by atoms with E-state index in [-0.39, 0.29) is 28.8 Å². The number of likely N-dealkylation sites (N-methyl/N-ethyl adjacent to an activating group) is 1. The van der Waals surface area contributed by atoms with Crippen LogP contribution in [-0.4, -0.2) is 47.7 Å². The van der Waals surface area contributed by atoms with Crippen LogP contribution in [0.2, 0.25) is 0 Å². The Hall–Kier alpha value is -1.64. The first kappa shape index (κ1) is 18.4. The minimum Gasteiger partial charge on any atom is -0.496 e. The molecule has 22 heavy (non-hydrogen) atoms. The molecule has 0 bridgehead atoms. The zero-order chi connectivity index (χ0) is 16.8. The van der Waals surface area contributed by atoms with Gasteiger partial charge in [0.2, 0.25) is 10.0 Å². The van der Waals surface area contributed by atoms with E-state index in [9.17, 15) is 13.2 Å². The molecule has 0 saturated carbocycles. The average Bonchev–Trinajstić information content (AvgIpc) is 2.52. The van der Waals surface area contributed by atoms with Gasteiger partial charge in [-0.2, -0.15) is 0 Å². The number of rotatable bonds is 8. The van der Waals surface area contributed by atoms with Gasteiger partial charge in [0.1, 0.15) is 11.3 Å². The Morgan fingerprint density at radius 1 is 1.32 bits per heavy atom. The van der Waals surface area contributed by atoms with Gasteiger partial charge in [-0.1, -0.05) is 6.92 Å². The van der Waals surface area contributed by atoms with Crippen LogP contribution in [0.1, 0.15) is 24.2 Å². The molecule has 0 heterocycles. The summed E-state index contributed by atoms with van der Waals surface area (Å²) < 4.78 is 36.7. The van der Waals surface area contributed by atoms with E-state index in [1.807, 2.05) is 13.8 Å². The third-order valence-corrected chi connectivity index (χ3v) is 4.44. The minimum atomic E-state index is -3.68. The Bertz CT molecular complexity index is 616. The molecule has 1 atom stereocenters. The van der Waals surface area contributed by atoms with Crippen molar-refractivity contribution < 1.29 is 22.7 Å². The second-order valence-electron chi connectivity index (χ2n) is 4.66. The molecule has 0 aliphatic rings. The highest BCUT2D eigenvalue weighted by atomic mass is 32.2. The van der Waals surface area contributed by atoms with Gasteiger partial charge in [-0.15, -0.1) is 0 Å². The van der Waals surface area contributed by atoms with E-state index in [1.165, 1.54) is 32.4 Å². The van der Waals surface area contributed by atoms with Crippen LogP contribution >= 0.6 is 0 Å². The molecule has 0 fully saturated rings. The zero-order valence-corrected chi connectivity index (χ0v) is 14.0. The Morgan fingerprint density at radius 2 is 2.00 bits per heavy atom. The van der Waals surface area contributed by atoms with Crippen LogP contribution in [0, 0.1) is 0 Å². The number of methoxy groups -OCH3 is 2. The highest BCUT2D eigenvalue weighted by molar-refractivity contribution is 7.89.